The van der Waals surface area contributed by atoms with Crippen molar-refractivity contribution in [2.24, 2.45) is 11.3 Å². The molecule has 1 aromatic rings. The number of amides is 1. The lowest BCUT2D eigenvalue weighted by atomic mass is 9.72. The van der Waals surface area contributed by atoms with Crippen molar-refractivity contribution < 1.29 is 17.9 Å². The number of anilines is 1. The van der Waals surface area contributed by atoms with E-state index in [0.717, 1.165) is 25.7 Å². The molecule has 0 radical (unpaired) electrons. The van der Waals surface area contributed by atoms with Gasteiger partial charge in [-0.15, -0.1) is 0 Å². The summed E-state index contributed by atoms with van der Waals surface area (Å²) in [5, 5.41) is 2.66. The van der Waals surface area contributed by atoms with Crippen LogP contribution in [0, 0.1) is 11.3 Å². The number of hydrogen-bond acceptors (Lipinski definition) is 5. The van der Waals surface area contributed by atoms with Gasteiger partial charge in [0.1, 0.15) is 0 Å². The standard InChI is InChI=1S/C17H23N3O4S/c21-16(19-13-2-1-7-18-10-13)15-11-20(25(22,23)14-3-4-14)12-17(15)5-8-24-9-6-17/h1-2,7,10,14-15H,3-6,8-9,11-12H2,(H,19,21). The van der Waals surface area contributed by atoms with Crippen LogP contribution >= 0.6 is 0 Å². The molecule has 8 heteroatoms. The van der Waals surface area contributed by atoms with E-state index in [4.69, 9.17) is 4.74 Å². The van der Waals surface area contributed by atoms with E-state index in [1.54, 1.807) is 28.8 Å². The third-order valence-electron chi connectivity index (χ3n) is 5.66. The van der Waals surface area contributed by atoms with Crippen molar-refractivity contribution in [3.05, 3.63) is 24.5 Å². The first-order valence-electron chi connectivity index (χ1n) is 8.79. The predicted molar refractivity (Wildman–Crippen MR) is 92.4 cm³/mol. The average molecular weight is 365 g/mol. The van der Waals surface area contributed by atoms with Gasteiger partial charge in [-0.1, -0.05) is 0 Å². The molecular weight excluding hydrogens is 342 g/mol. The van der Waals surface area contributed by atoms with Crippen LogP contribution in [0.15, 0.2) is 24.5 Å². The Morgan fingerprint density at radius 3 is 2.72 bits per heavy atom. The predicted octanol–water partition coefficient (Wildman–Crippen LogP) is 1.24. The van der Waals surface area contributed by atoms with Crippen LogP contribution in [0.25, 0.3) is 0 Å². The molecule has 0 bridgehead atoms. The molecule has 136 valence electrons. The summed E-state index contributed by atoms with van der Waals surface area (Å²) in [5.41, 5.74) is 0.310. The molecule has 0 aromatic carbocycles. The lowest BCUT2D eigenvalue weighted by Gasteiger charge is -2.37. The first-order valence-corrected chi connectivity index (χ1v) is 10.3. The van der Waals surface area contributed by atoms with Crippen LogP contribution < -0.4 is 5.32 Å². The lowest BCUT2D eigenvalue weighted by Crippen LogP contribution is -2.42. The molecule has 3 aliphatic rings. The molecule has 1 aliphatic carbocycles. The zero-order chi connectivity index (χ0) is 17.5. The molecule has 2 aliphatic heterocycles. The molecule has 1 amide bonds. The number of rotatable bonds is 4. The molecule has 4 rings (SSSR count). The molecule has 1 unspecified atom stereocenters. The molecule has 1 N–H and O–H groups in total. The summed E-state index contributed by atoms with van der Waals surface area (Å²) in [6.07, 6.45) is 6.16. The first kappa shape index (κ1) is 16.9. The Kier molecular flexibility index (Phi) is 4.29. The van der Waals surface area contributed by atoms with E-state index >= 15 is 0 Å². The van der Waals surface area contributed by atoms with E-state index in [1.165, 1.54) is 0 Å². The van der Waals surface area contributed by atoms with Gasteiger partial charge in [-0.25, -0.2) is 12.7 Å². The van der Waals surface area contributed by atoms with Crippen LogP contribution in [0.2, 0.25) is 0 Å². The van der Waals surface area contributed by atoms with Gasteiger partial charge in [0, 0.05) is 37.9 Å². The van der Waals surface area contributed by atoms with Gasteiger partial charge in [0.15, 0.2) is 0 Å². The van der Waals surface area contributed by atoms with Gasteiger partial charge < -0.3 is 10.1 Å². The minimum Gasteiger partial charge on any atom is -0.381 e. The average Bonchev–Trinajstić information content (AvgIpc) is 3.40. The zero-order valence-electron chi connectivity index (χ0n) is 14.1. The number of aromatic nitrogens is 1. The van der Waals surface area contributed by atoms with Gasteiger partial charge in [0.2, 0.25) is 15.9 Å². The van der Waals surface area contributed by atoms with Gasteiger partial charge in [-0.3, -0.25) is 9.78 Å². The first-order chi connectivity index (χ1) is 12.0. The molecule has 1 spiro atoms. The third-order valence-corrected chi connectivity index (χ3v) is 7.97. The highest BCUT2D eigenvalue weighted by Gasteiger charge is 2.55. The Hall–Kier alpha value is -1.51. The smallest absolute Gasteiger partial charge is 0.229 e. The molecule has 1 aromatic heterocycles. The number of sulfonamides is 1. The van der Waals surface area contributed by atoms with Crippen molar-refractivity contribution in [3.63, 3.8) is 0 Å². The van der Waals surface area contributed by atoms with Crippen molar-refractivity contribution in [2.75, 3.05) is 31.6 Å². The van der Waals surface area contributed by atoms with Crippen molar-refractivity contribution in [1.29, 1.82) is 0 Å². The molecule has 1 saturated carbocycles. The SMILES string of the molecule is O=C(Nc1cccnc1)C1CN(S(=O)(=O)C2CC2)CC12CCOCC2. The number of carbonyl (C=O) groups excluding carboxylic acids is 1. The normalized spacial score (nSPS) is 26.6. The number of carbonyl (C=O) groups is 1. The van der Waals surface area contributed by atoms with Gasteiger partial charge in [-0.05, 0) is 37.8 Å². The van der Waals surface area contributed by atoms with Crippen LogP contribution in [0.5, 0.6) is 0 Å². The zero-order valence-corrected chi connectivity index (χ0v) is 14.9. The minimum absolute atomic E-state index is 0.122. The Bertz CT molecular complexity index is 742. The Morgan fingerprint density at radius 2 is 2.08 bits per heavy atom. The summed E-state index contributed by atoms with van der Waals surface area (Å²) in [6.45, 7) is 1.85. The molecule has 25 heavy (non-hydrogen) atoms. The summed E-state index contributed by atoms with van der Waals surface area (Å²) in [4.78, 5) is 17.0. The molecule has 7 nitrogen and oxygen atoms in total. The Morgan fingerprint density at radius 1 is 1.32 bits per heavy atom. The maximum atomic E-state index is 12.9. The highest BCUT2D eigenvalue weighted by molar-refractivity contribution is 7.90. The highest BCUT2D eigenvalue weighted by atomic mass is 32.2. The summed E-state index contributed by atoms with van der Waals surface area (Å²) in [6, 6.07) is 3.55. The largest absolute Gasteiger partial charge is 0.381 e. The molecular formula is C17H23N3O4S. The summed E-state index contributed by atoms with van der Waals surface area (Å²) >= 11 is 0. The van der Waals surface area contributed by atoms with E-state index in [2.05, 4.69) is 10.3 Å². The summed E-state index contributed by atoms with van der Waals surface area (Å²) in [5.74, 6) is -0.478. The molecule has 3 heterocycles. The molecule has 2 saturated heterocycles. The molecule has 3 fully saturated rings. The van der Waals surface area contributed by atoms with Gasteiger partial charge in [-0.2, -0.15) is 0 Å². The maximum absolute atomic E-state index is 12.9. The van der Waals surface area contributed by atoms with Crippen LogP contribution in [-0.4, -0.2) is 55.2 Å². The minimum atomic E-state index is -3.28. The fourth-order valence-electron chi connectivity index (χ4n) is 4.01. The topological polar surface area (TPSA) is 88.6 Å². The number of hydrogen-bond donors (Lipinski definition) is 1. The summed E-state index contributed by atoms with van der Waals surface area (Å²) in [7, 11) is -3.28. The highest BCUT2D eigenvalue weighted by Crippen LogP contribution is 2.47. The van der Waals surface area contributed by atoms with Crippen LogP contribution in [0.3, 0.4) is 0 Å². The monoisotopic (exact) mass is 365 g/mol. The van der Waals surface area contributed by atoms with E-state index in [0.29, 0.717) is 25.4 Å². The van der Waals surface area contributed by atoms with Crippen molar-refractivity contribution >= 4 is 21.6 Å². The van der Waals surface area contributed by atoms with Crippen molar-refractivity contribution in [2.45, 2.75) is 30.9 Å². The fourth-order valence-corrected chi connectivity index (χ4v) is 5.95. The van der Waals surface area contributed by atoms with E-state index in [1.807, 2.05) is 0 Å². The second kappa shape index (κ2) is 6.34. The van der Waals surface area contributed by atoms with E-state index in [9.17, 15) is 13.2 Å². The lowest BCUT2D eigenvalue weighted by molar-refractivity contribution is -0.124. The second-order valence-electron chi connectivity index (χ2n) is 7.30. The van der Waals surface area contributed by atoms with Crippen LogP contribution in [0.1, 0.15) is 25.7 Å². The number of pyridine rings is 1. The summed E-state index contributed by atoms with van der Waals surface area (Å²) < 4.78 is 32.4. The number of ether oxygens (including phenoxy) is 1. The van der Waals surface area contributed by atoms with Gasteiger partial charge in [0.25, 0.3) is 0 Å². The van der Waals surface area contributed by atoms with Gasteiger partial charge in [0.05, 0.1) is 23.1 Å². The van der Waals surface area contributed by atoms with Gasteiger partial charge >= 0.3 is 0 Å². The molecule has 1 atom stereocenters. The van der Waals surface area contributed by atoms with Crippen LogP contribution in [-0.2, 0) is 19.6 Å². The number of nitrogens with zero attached hydrogens (tertiary/aromatic N) is 2. The van der Waals surface area contributed by atoms with Crippen LogP contribution in [0.4, 0.5) is 5.69 Å². The quantitative estimate of drug-likeness (QED) is 0.867. The second-order valence-corrected chi connectivity index (χ2v) is 9.51. The Balaban J connectivity index is 1.58. The number of nitrogens with one attached hydrogen (secondary N) is 1. The maximum Gasteiger partial charge on any atom is 0.229 e. The van der Waals surface area contributed by atoms with Crippen molar-refractivity contribution in [1.82, 2.24) is 9.29 Å². The van der Waals surface area contributed by atoms with Crippen molar-refractivity contribution in [3.8, 4) is 0 Å². The third kappa shape index (κ3) is 3.18. The Labute approximate surface area is 147 Å². The fraction of sp³-hybridized carbons (Fsp3) is 0.647. The van der Waals surface area contributed by atoms with E-state index < -0.39 is 10.0 Å². The van der Waals surface area contributed by atoms with E-state index in [-0.39, 0.29) is 29.0 Å².